The van der Waals surface area contributed by atoms with Gasteiger partial charge in [-0.05, 0) is 42.3 Å². The first-order valence-corrected chi connectivity index (χ1v) is 7.29. The molecule has 0 atom stereocenters. The molecule has 2 nitrogen and oxygen atoms in total. The molecule has 26 heavy (non-hydrogen) atoms. The van der Waals surface area contributed by atoms with E-state index < -0.39 is 40.8 Å². The van der Waals surface area contributed by atoms with Crippen LogP contribution in [0, 0.1) is 5.82 Å². The normalized spacial score (nSPS) is 12.1. The van der Waals surface area contributed by atoms with Gasteiger partial charge in [-0.15, -0.1) is 0 Å². The summed E-state index contributed by atoms with van der Waals surface area (Å²) in [5, 5.41) is 2.25. The van der Waals surface area contributed by atoms with Crippen molar-refractivity contribution in [2.24, 2.45) is 0 Å². The summed E-state index contributed by atoms with van der Waals surface area (Å²) in [6, 6.07) is 5.97. The zero-order valence-corrected chi connectivity index (χ0v) is 13.0. The van der Waals surface area contributed by atoms with Gasteiger partial charge < -0.3 is 5.32 Å². The van der Waals surface area contributed by atoms with E-state index in [4.69, 9.17) is 0 Å². The Hall–Kier alpha value is -2.58. The van der Waals surface area contributed by atoms with Crippen LogP contribution < -0.4 is 5.32 Å². The molecule has 2 rings (SSSR count). The molecule has 0 radical (unpaired) electrons. The summed E-state index contributed by atoms with van der Waals surface area (Å²) in [4.78, 5) is 11.9. The fourth-order valence-electron chi connectivity index (χ4n) is 2.16. The van der Waals surface area contributed by atoms with Crippen LogP contribution in [-0.2, 0) is 18.8 Å². The molecule has 0 spiro atoms. The van der Waals surface area contributed by atoms with Gasteiger partial charge in [0, 0.05) is 12.1 Å². The maximum absolute atomic E-state index is 12.8. The molecular weight excluding hydrogens is 367 g/mol. The lowest BCUT2D eigenvalue weighted by molar-refractivity contribution is -0.143. The Morgan fingerprint density at radius 1 is 0.846 bits per heavy atom. The highest BCUT2D eigenvalue weighted by Crippen LogP contribution is 2.36. The molecule has 140 valence electrons. The van der Waals surface area contributed by atoms with Gasteiger partial charge in [0.05, 0.1) is 11.1 Å². The molecule has 0 aromatic heterocycles. The number of carbonyl (C=O) groups is 1. The minimum Gasteiger partial charge on any atom is -0.352 e. The van der Waals surface area contributed by atoms with E-state index in [1.807, 2.05) is 0 Å². The Morgan fingerprint density at radius 3 is 1.81 bits per heavy atom. The lowest BCUT2D eigenvalue weighted by Gasteiger charge is -2.14. The minimum atomic E-state index is -5.02. The second-order valence-electron chi connectivity index (χ2n) is 5.43. The monoisotopic (exact) mass is 379 g/mol. The van der Waals surface area contributed by atoms with E-state index in [0.717, 1.165) is 0 Å². The lowest BCUT2D eigenvalue weighted by Crippen LogP contribution is -2.26. The molecule has 0 unspecified atom stereocenters. The summed E-state index contributed by atoms with van der Waals surface area (Å²) in [5.74, 6) is -1.52. The number of carbonyl (C=O) groups excluding carboxylic acids is 1. The Labute approximate surface area is 143 Å². The number of rotatable bonds is 4. The van der Waals surface area contributed by atoms with Gasteiger partial charge in [0.15, 0.2) is 0 Å². The molecule has 1 N–H and O–H groups in total. The van der Waals surface area contributed by atoms with Crippen molar-refractivity contribution in [3.8, 4) is 0 Å². The number of hydrogen-bond acceptors (Lipinski definition) is 1. The zero-order chi connectivity index (χ0) is 19.5. The van der Waals surface area contributed by atoms with Crippen molar-refractivity contribution in [3.63, 3.8) is 0 Å². The van der Waals surface area contributed by atoms with Crippen LogP contribution in [0.15, 0.2) is 42.5 Å². The van der Waals surface area contributed by atoms with Crippen LogP contribution >= 0.6 is 0 Å². The molecule has 9 heteroatoms. The van der Waals surface area contributed by atoms with Gasteiger partial charge in [-0.3, -0.25) is 4.79 Å². The van der Waals surface area contributed by atoms with Crippen LogP contribution in [0.4, 0.5) is 30.7 Å². The number of halogens is 7. The number of alkyl halides is 6. The van der Waals surface area contributed by atoms with E-state index in [0.29, 0.717) is 17.7 Å². The van der Waals surface area contributed by atoms with Crippen molar-refractivity contribution >= 4 is 5.91 Å². The Kier molecular flexibility index (Phi) is 5.58. The molecule has 2 aromatic rings. The average molecular weight is 379 g/mol. The van der Waals surface area contributed by atoms with E-state index in [1.165, 1.54) is 24.3 Å². The van der Waals surface area contributed by atoms with Crippen molar-refractivity contribution in [1.29, 1.82) is 0 Å². The van der Waals surface area contributed by atoms with Gasteiger partial charge >= 0.3 is 12.4 Å². The van der Waals surface area contributed by atoms with Gasteiger partial charge in [0.2, 0.25) is 0 Å². The highest BCUT2D eigenvalue weighted by atomic mass is 19.4. The summed E-state index contributed by atoms with van der Waals surface area (Å²) < 4.78 is 89.4. The van der Waals surface area contributed by atoms with Crippen LogP contribution in [0.1, 0.15) is 27.0 Å². The molecule has 0 heterocycles. The second kappa shape index (κ2) is 7.35. The van der Waals surface area contributed by atoms with E-state index in [9.17, 15) is 35.5 Å². The van der Waals surface area contributed by atoms with Crippen molar-refractivity contribution in [1.82, 2.24) is 5.32 Å². The third kappa shape index (κ3) is 5.21. The third-order valence-corrected chi connectivity index (χ3v) is 3.46. The first-order valence-electron chi connectivity index (χ1n) is 7.29. The van der Waals surface area contributed by atoms with Crippen LogP contribution in [0.25, 0.3) is 0 Å². The molecule has 0 saturated heterocycles. The molecule has 1 amide bonds. The highest BCUT2D eigenvalue weighted by Gasteiger charge is 2.37. The lowest BCUT2D eigenvalue weighted by atomic mass is 10.0. The van der Waals surface area contributed by atoms with Crippen molar-refractivity contribution < 1.29 is 35.5 Å². The van der Waals surface area contributed by atoms with Crippen LogP contribution in [0.3, 0.4) is 0 Å². The third-order valence-electron chi connectivity index (χ3n) is 3.46. The topological polar surface area (TPSA) is 29.1 Å². The first-order chi connectivity index (χ1) is 12.0. The summed E-state index contributed by atoms with van der Waals surface area (Å²) in [6.07, 6.45) is -9.81. The van der Waals surface area contributed by atoms with E-state index >= 15 is 0 Å². The van der Waals surface area contributed by atoms with Crippen molar-refractivity contribution in [2.45, 2.75) is 18.8 Å². The Balaban J connectivity index is 2.15. The molecule has 0 bridgehead atoms. The predicted octanol–water partition coefficient (Wildman–Crippen LogP) is 4.84. The van der Waals surface area contributed by atoms with Gasteiger partial charge in [0.25, 0.3) is 5.91 Å². The average Bonchev–Trinajstić information content (AvgIpc) is 2.54. The zero-order valence-electron chi connectivity index (χ0n) is 13.0. The molecule has 0 saturated carbocycles. The first kappa shape index (κ1) is 19.7. The smallest absolute Gasteiger partial charge is 0.352 e. The van der Waals surface area contributed by atoms with Gasteiger partial charge in [-0.2, -0.15) is 26.3 Å². The fraction of sp³-hybridized carbons (Fsp3) is 0.235. The fourth-order valence-corrected chi connectivity index (χ4v) is 2.16. The highest BCUT2D eigenvalue weighted by molar-refractivity contribution is 5.94. The summed E-state index contributed by atoms with van der Waals surface area (Å²) >= 11 is 0. The maximum atomic E-state index is 12.8. The molecule has 0 aliphatic heterocycles. The molecule has 0 aliphatic carbocycles. The number of amides is 1. The SMILES string of the molecule is O=C(NCCc1ccc(F)cc1)c1cc(C(F)(F)F)cc(C(F)(F)F)c1. The van der Waals surface area contributed by atoms with Gasteiger partial charge in [-0.25, -0.2) is 4.39 Å². The van der Waals surface area contributed by atoms with Gasteiger partial charge in [0.1, 0.15) is 5.82 Å². The number of benzene rings is 2. The Morgan fingerprint density at radius 2 is 1.35 bits per heavy atom. The standard InChI is InChI=1S/C17H12F7NO/c18-14-3-1-10(2-4-14)5-6-25-15(26)11-7-12(16(19,20)21)9-13(8-11)17(22,23)24/h1-4,7-9H,5-6H2,(H,25,26). The van der Waals surface area contributed by atoms with Gasteiger partial charge in [-0.1, -0.05) is 12.1 Å². The predicted molar refractivity (Wildman–Crippen MR) is 78.9 cm³/mol. The largest absolute Gasteiger partial charge is 0.416 e. The summed E-state index contributed by atoms with van der Waals surface area (Å²) in [5.41, 5.74) is -3.22. The maximum Gasteiger partial charge on any atom is 0.416 e. The molecule has 0 fully saturated rings. The Bertz CT molecular complexity index is 747. The second-order valence-corrected chi connectivity index (χ2v) is 5.43. The van der Waals surface area contributed by atoms with Crippen LogP contribution in [0.5, 0.6) is 0 Å². The van der Waals surface area contributed by atoms with Crippen LogP contribution in [-0.4, -0.2) is 12.5 Å². The quantitative estimate of drug-likeness (QED) is 0.757. The number of nitrogens with one attached hydrogen (secondary N) is 1. The minimum absolute atomic E-state index is 0.0396. The summed E-state index contributed by atoms with van der Waals surface area (Å²) in [6.45, 7) is -0.0396. The van der Waals surface area contributed by atoms with E-state index in [2.05, 4.69) is 5.32 Å². The molecule has 2 aromatic carbocycles. The van der Waals surface area contributed by atoms with E-state index in [1.54, 1.807) is 0 Å². The van der Waals surface area contributed by atoms with E-state index in [-0.39, 0.29) is 19.0 Å². The number of hydrogen-bond donors (Lipinski definition) is 1. The summed E-state index contributed by atoms with van der Waals surface area (Å²) in [7, 11) is 0. The van der Waals surface area contributed by atoms with Crippen molar-refractivity contribution in [2.75, 3.05) is 6.54 Å². The van der Waals surface area contributed by atoms with Crippen LogP contribution in [0.2, 0.25) is 0 Å². The molecular formula is C17H12F7NO. The molecule has 0 aliphatic rings. The van der Waals surface area contributed by atoms with Crippen molar-refractivity contribution in [3.05, 3.63) is 70.5 Å².